The highest BCUT2D eigenvalue weighted by molar-refractivity contribution is 5.60. The first kappa shape index (κ1) is 28.1. The average molecular weight is 472 g/mol. The van der Waals surface area contributed by atoms with Crippen molar-refractivity contribution in [3.8, 4) is 22.8 Å². The Morgan fingerprint density at radius 3 is 1.88 bits per heavy atom. The third-order valence-electron chi connectivity index (χ3n) is 6.20. The summed E-state index contributed by atoms with van der Waals surface area (Å²) in [5.41, 5.74) is 1.90. The van der Waals surface area contributed by atoms with Crippen LogP contribution in [0.5, 0.6) is 11.5 Å². The molecule has 0 saturated heterocycles. The summed E-state index contributed by atoms with van der Waals surface area (Å²) in [6, 6.07) is 11.8. The number of nitrogens with zero attached hydrogens (tertiary/aromatic N) is 1. The molecule has 2 aromatic rings. The smallest absolute Gasteiger partial charge is 0.137 e. The Morgan fingerprint density at radius 2 is 1.26 bits per heavy atom. The third kappa shape index (κ3) is 12.4. The molecule has 1 aromatic carbocycles. The van der Waals surface area contributed by atoms with Crippen molar-refractivity contribution < 1.29 is 13.9 Å². The van der Waals surface area contributed by atoms with Crippen molar-refractivity contribution in [2.75, 3.05) is 13.2 Å². The summed E-state index contributed by atoms with van der Waals surface area (Å²) in [6.07, 6.45) is 17.4. The summed E-state index contributed by atoms with van der Waals surface area (Å²) in [5.74, 6) is 1.51. The summed E-state index contributed by atoms with van der Waals surface area (Å²) in [6.45, 7) is 5.33. The zero-order valence-corrected chi connectivity index (χ0v) is 21.6. The maximum Gasteiger partial charge on any atom is 0.137 e. The molecule has 0 aliphatic heterocycles. The maximum atomic E-state index is 14.1. The molecule has 1 heterocycles. The van der Waals surface area contributed by atoms with E-state index in [4.69, 9.17) is 9.47 Å². The molecule has 0 fully saturated rings. The van der Waals surface area contributed by atoms with Crippen molar-refractivity contribution in [1.82, 2.24) is 4.98 Å². The van der Waals surface area contributed by atoms with Crippen molar-refractivity contribution >= 4 is 0 Å². The molecule has 0 saturated carbocycles. The molecule has 4 heteroatoms. The van der Waals surface area contributed by atoms with Crippen LogP contribution in [0.15, 0.2) is 42.6 Å². The van der Waals surface area contributed by atoms with Gasteiger partial charge in [-0.15, -0.1) is 0 Å². The summed E-state index contributed by atoms with van der Waals surface area (Å²) < 4.78 is 25.6. The van der Waals surface area contributed by atoms with Crippen molar-refractivity contribution in [2.24, 2.45) is 0 Å². The molecule has 0 aliphatic carbocycles. The van der Waals surface area contributed by atoms with Crippen molar-refractivity contribution in [3.63, 3.8) is 0 Å². The largest absolute Gasteiger partial charge is 0.494 e. The summed E-state index contributed by atoms with van der Waals surface area (Å²) >= 11 is 0. The van der Waals surface area contributed by atoms with Gasteiger partial charge in [0.2, 0.25) is 0 Å². The Balaban J connectivity index is 1.63. The van der Waals surface area contributed by atoms with Gasteiger partial charge >= 0.3 is 0 Å². The highest BCUT2D eigenvalue weighted by Gasteiger charge is 2.08. The number of ether oxygens (including phenoxy) is 2. The minimum Gasteiger partial charge on any atom is -0.494 e. The van der Waals surface area contributed by atoms with E-state index in [1.165, 1.54) is 64.2 Å². The Bertz CT molecular complexity index is 732. The predicted octanol–water partition coefficient (Wildman–Crippen LogP) is 9.35. The fourth-order valence-corrected chi connectivity index (χ4v) is 4.02. The van der Waals surface area contributed by atoms with Gasteiger partial charge in [-0.25, -0.2) is 4.39 Å². The van der Waals surface area contributed by atoms with Crippen LogP contribution in [0.25, 0.3) is 11.3 Å². The first-order chi connectivity index (χ1) is 16.7. The predicted molar refractivity (Wildman–Crippen MR) is 142 cm³/mol. The lowest BCUT2D eigenvalue weighted by Gasteiger charge is -2.11. The van der Waals surface area contributed by atoms with Crippen molar-refractivity contribution in [3.05, 3.63) is 42.6 Å². The quantitative estimate of drug-likeness (QED) is 0.180. The van der Waals surface area contributed by atoms with E-state index in [9.17, 15) is 4.39 Å². The lowest BCUT2D eigenvalue weighted by molar-refractivity contribution is 0.183. The van der Waals surface area contributed by atoms with Crippen LogP contribution in [-0.4, -0.2) is 24.4 Å². The number of pyridine rings is 1. The van der Waals surface area contributed by atoms with Gasteiger partial charge in [-0.05, 0) is 49.2 Å². The second-order valence-electron chi connectivity index (χ2n) is 9.34. The molecule has 0 bridgehead atoms. The standard InChI is InChI=1S/C30H46FNO2/c1-3-5-7-9-11-13-15-23-33-28-19-17-26(18-20-28)30-22-21-29(24-32-30)34-25-27(31)16-14-12-10-8-6-4-2/h17-22,24,27H,3-16,23,25H2,1-2H3. The fraction of sp³-hybridized carbons (Fsp3) is 0.633. The van der Waals surface area contributed by atoms with Crippen LogP contribution in [0.1, 0.15) is 104 Å². The zero-order valence-electron chi connectivity index (χ0n) is 21.6. The van der Waals surface area contributed by atoms with Gasteiger partial charge in [0.05, 0.1) is 18.5 Å². The topological polar surface area (TPSA) is 31.4 Å². The van der Waals surface area contributed by atoms with E-state index in [1.54, 1.807) is 6.20 Å². The van der Waals surface area contributed by atoms with Crippen LogP contribution in [-0.2, 0) is 0 Å². The minimum absolute atomic E-state index is 0.0980. The van der Waals surface area contributed by atoms with E-state index < -0.39 is 6.17 Å². The van der Waals surface area contributed by atoms with Gasteiger partial charge in [0.25, 0.3) is 0 Å². The summed E-state index contributed by atoms with van der Waals surface area (Å²) in [5, 5.41) is 0. The van der Waals surface area contributed by atoms with E-state index in [1.807, 2.05) is 36.4 Å². The first-order valence-electron chi connectivity index (χ1n) is 13.7. The second-order valence-corrected chi connectivity index (χ2v) is 9.34. The van der Waals surface area contributed by atoms with Crippen LogP contribution in [0.2, 0.25) is 0 Å². The fourth-order valence-electron chi connectivity index (χ4n) is 4.02. The van der Waals surface area contributed by atoms with E-state index in [0.717, 1.165) is 42.9 Å². The molecule has 0 N–H and O–H groups in total. The van der Waals surface area contributed by atoms with Gasteiger partial charge in [-0.1, -0.05) is 90.9 Å². The van der Waals surface area contributed by atoms with E-state index in [0.29, 0.717) is 12.2 Å². The molecule has 1 atom stereocenters. The first-order valence-corrected chi connectivity index (χ1v) is 13.7. The van der Waals surface area contributed by atoms with E-state index in [-0.39, 0.29) is 6.61 Å². The molecule has 0 aliphatic rings. The molecular formula is C30H46FNO2. The Labute approximate surface area is 207 Å². The van der Waals surface area contributed by atoms with Crippen molar-refractivity contribution in [1.29, 1.82) is 0 Å². The molecule has 3 nitrogen and oxygen atoms in total. The number of rotatable bonds is 20. The molecule has 1 aromatic heterocycles. The normalized spacial score (nSPS) is 12.0. The molecule has 1 unspecified atom stereocenters. The third-order valence-corrected chi connectivity index (χ3v) is 6.20. The van der Waals surface area contributed by atoms with Gasteiger partial charge in [0.1, 0.15) is 24.3 Å². The Morgan fingerprint density at radius 1 is 0.676 bits per heavy atom. The van der Waals surface area contributed by atoms with Gasteiger partial charge in [0.15, 0.2) is 0 Å². The van der Waals surface area contributed by atoms with Gasteiger partial charge in [-0.3, -0.25) is 4.98 Å². The molecule has 0 radical (unpaired) electrons. The number of alkyl halides is 1. The molecule has 0 spiro atoms. The van der Waals surface area contributed by atoms with Crippen molar-refractivity contribution in [2.45, 2.75) is 110 Å². The molecule has 34 heavy (non-hydrogen) atoms. The molecule has 0 amide bonds. The number of unbranched alkanes of at least 4 members (excludes halogenated alkanes) is 11. The Hall–Kier alpha value is -2.10. The number of benzene rings is 1. The number of hydrogen-bond acceptors (Lipinski definition) is 3. The highest BCUT2D eigenvalue weighted by Crippen LogP contribution is 2.23. The van der Waals surface area contributed by atoms with E-state index in [2.05, 4.69) is 18.8 Å². The lowest BCUT2D eigenvalue weighted by Crippen LogP contribution is -2.12. The monoisotopic (exact) mass is 471 g/mol. The van der Waals surface area contributed by atoms with E-state index >= 15 is 0 Å². The van der Waals surface area contributed by atoms with Crippen LogP contribution >= 0.6 is 0 Å². The van der Waals surface area contributed by atoms with Crippen LogP contribution in [0.4, 0.5) is 4.39 Å². The number of aromatic nitrogens is 1. The molecule has 190 valence electrons. The second kappa shape index (κ2) is 18.3. The summed E-state index contributed by atoms with van der Waals surface area (Å²) in [7, 11) is 0. The maximum absolute atomic E-state index is 14.1. The number of halogens is 1. The van der Waals surface area contributed by atoms with Gasteiger partial charge in [-0.2, -0.15) is 0 Å². The molecule has 2 rings (SSSR count). The SMILES string of the molecule is CCCCCCCCCOc1ccc(-c2ccc(OCC(F)CCCCCCCC)cn2)cc1. The van der Waals surface area contributed by atoms with Crippen LogP contribution in [0.3, 0.4) is 0 Å². The van der Waals surface area contributed by atoms with Gasteiger partial charge < -0.3 is 9.47 Å². The summed E-state index contributed by atoms with van der Waals surface area (Å²) in [4.78, 5) is 4.49. The molecular weight excluding hydrogens is 425 g/mol. The Kier molecular flexibility index (Phi) is 15.1. The van der Waals surface area contributed by atoms with Gasteiger partial charge in [0, 0.05) is 5.56 Å². The average Bonchev–Trinajstić information content (AvgIpc) is 2.87. The van der Waals surface area contributed by atoms with Crippen LogP contribution < -0.4 is 9.47 Å². The van der Waals surface area contributed by atoms with Crippen LogP contribution in [0, 0.1) is 0 Å². The zero-order chi connectivity index (χ0) is 24.3. The minimum atomic E-state index is -0.917. The highest BCUT2D eigenvalue weighted by atomic mass is 19.1. The number of hydrogen-bond donors (Lipinski definition) is 0. The lowest BCUT2D eigenvalue weighted by atomic mass is 10.1.